The number of anilines is 2. The molecule has 0 bridgehead atoms. The lowest BCUT2D eigenvalue weighted by atomic mass is 10.3. The highest BCUT2D eigenvalue weighted by Gasteiger charge is 2.16. The summed E-state index contributed by atoms with van der Waals surface area (Å²) in [7, 11) is 0. The maximum absolute atomic E-state index is 12.6. The summed E-state index contributed by atoms with van der Waals surface area (Å²) in [4.78, 5) is 28.4. The third-order valence-electron chi connectivity index (χ3n) is 4.88. The second-order valence-electron chi connectivity index (χ2n) is 7.04. The first-order valence-electron chi connectivity index (χ1n) is 9.68. The fourth-order valence-corrected chi connectivity index (χ4v) is 3.56. The first-order valence-corrected chi connectivity index (χ1v) is 9.68. The van der Waals surface area contributed by atoms with Crippen molar-refractivity contribution in [3.05, 3.63) is 47.5 Å². The smallest absolute Gasteiger partial charge is 0.270 e. The van der Waals surface area contributed by atoms with Crippen molar-refractivity contribution in [3.63, 3.8) is 0 Å². The molecule has 0 aliphatic carbocycles. The summed E-state index contributed by atoms with van der Waals surface area (Å²) in [5.41, 5.74) is 2.99. The highest BCUT2D eigenvalue weighted by Crippen LogP contribution is 2.19. The molecule has 0 aromatic carbocycles. The van der Waals surface area contributed by atoms with Crippen LogP contribution in [0.3, 0.4) is 0 Å². The van der Waals surface area contributed by atoms with Gasteiger partial charge in [0.2, 0.25) is 5.95 Å². The number of carbonyl (C=O) groups excluding carboxylic acids is 1. The summed E-state index contributed by atoms with van der Waals surface area (Å²) in [6.45, 7) is 6.93. The molecule has 8 heteroatoms. The van der Waals surface area contributed by atoms with Crippen molar-refractivity contribution in [1.82, 2.24) is 24.7 Å². The Morgan fingerprint density at radius 2 is 1.93 bits per heavy atom. The largest absolute Gasteiger partial charge is 0.356 e. The molecule has 8 nitrogen and oxygen atoms in total. The van der Waals surface area contributed by atoms with E-state index >= 15 is 0 Å². The number of carbonyl (C=O) groups is 1. The number of aryl methyl sites for hydroxylation is 2. The van der Waals surface area contributed by atoms with Gasteiger partial charge in [0.25, 0.3) is 5.91 Å². The summed E-state index contributed by atoms with van der Waals surface area (Å²) in [5, 5.41) is 6.16. The highest BCUT2D eigenvalue weighted by molar-refractivity contribution is 5.94. The molecule has 1 aliphatic rings. The van der Waals surface area contributed by atoms with Crippen molar-refractivity contribution >= 4 is 23.3 Å². The van der Waals surface area contributed by atoms with Crippen LogP contribution < -0.4 is 15.5 Å². The van der Waals surface area contributed by atoms with Gasteiger partial charge in [-0.15, -0.1) is 0 Å². The molecule has 3 aromatic heterocycles. The van der Waals surface area contributed by atoms with Crippen molar-refractivity contribution < 1.29 is 4.79 Å². The zero-order chi connectivity index (χ0) is 19.5. The van der Waals surface area contributed by atoms with Crippen molar-refractivity contribution in [2.75, 3.05) is 36.4 Å². The van der Waals surface area contributed by atoms with Gasteiger partial charge in [-0.05, 0) is 38.8 Å². The molecule has 0 saturated carbocycles. The molecule has 1 amide bonds. The number of fused-ring (bicyclic) bond motifs is 1. The second kappa shape index (κ2) is 7.84. The van der Waals surface area contributed by atoms with Crippen LogP contribution in [-0.2, 0) is 0 Å². The molecule has 1 fully saturated rings. The Balaban J connectivity index is 1.35. The number of nitrogens with one attached hydrogen (secondary N) is 2. The van der Waals surface area contributed by atoms with Gasteiger partial charge in [-0.25, -0.2) is 9.97 Å². The zero-order valence-corrected chi connectivity index (χ0v) is 16.3. The predicted octanol–water partition coefficient (Wildman–Crippen LogP) is 2.18. The molecule has 3 aromatic rings. The molecule has 146 valence electrons. The monoisotopic (exact) mass is 379 g/mol. The summed E-state index contributed by atoms with van der Waals surface area (Å²) >= 11 is 0. The Kier molecular flexibility index (Phi) is 5.10. The molecule has 4 heterocycles. The molecule has 2 N–H and O–H groups in total. The standard InChI is InChI=1S/C20H25N7O/c1-14-13-17(26-10-5-6-11-26)25-20(23-14)22-9-8-21-19(28)18-15(2)24-16-7-3-4-12-27(16)18/h3-4,7,12-13H,5-6,8-11H2,1-2H3,(H,21,28)(H,22,23,25). The predicted molar refractivity (Wildman–Crippen MR) is 109 cm³/mol. The number of amides is 1. The van der Waals surface area contributed by atoms with Gasteiger partial charge >= 0.3 is 0 Å². The number of nitrogens with zero attached hydrogens (tertiary/aromatic N) is 5. The minimum absolute atomic E-state index is 0.138. The number of aromatic nitrogens is 4. The number of imidazole rings is 1. The van der Waals surface area contributed by atoms with Crippen LogP contribution >= 0.6 is 0 Å². The van der Waals surface area contributed by atoms with Crippen LogP contribution in [0, 0.1) is 13.8 Å². The van der Waals surface area contributed by atoms with Crippen LogP contribution in [0.1, 0.15) is 34.7 Å². The first-order chi connectivity index (χ1) is 13.6. The zero-order valence-electron chi connectivity index (χ0n) is 16.3. The minimum atomic E-state index is -0.138. The van der Waals surface area contributed by atoms with Gasteiger partial charge < -0.3 is 15.5 Å². The third kappa shape index (κ3) is 3.76. The first kappa shape index (κ1) is 18.2. The van der Waals surface area contributed by atoms with Gasteiger partial charge in [0.15, 0.2) is 0 Å². The SMILES string of the molecule is Cc1cc(N2CCCC2)nc(NCCNC(=O)c2c(C)nc3ccccn23)n1. The van der Waals surface area contributed by atoms with Crippen molar-refractivity contribution in [2.45, 2.75) is 26.7 Å². The molecular formula is C20H25N7O. The highest BCUT2D eigenvalue weighted by atomic mass is 16.1. The van der Waals surface area contributed by atoms with E-state index in [2.05, 4.69) is 30.5 Å². The van der Waals surface area contributed by atoms with Gasteiger partial charge in [0.05, 0.1) is 5.69 Å². The fraction of sp³-hybridized carbons (Fsp3) is 0.400. The number of hydrogen-bond acceptors (Lipinski definition) is 6. The van der Waals surface area contributed by atoms with Crippen LogP contribution in [0.4, 0.5) is 11.8 Å². The van der Waals surface area contributed by atoms with E-state index in [0.717, 1.165) is 30.2 Å². The Bertz CT molecular complexity index is 991. The molecule has 0 atom stereocenters. The molecule has 0 spiro atoms. The summed E-state index contributed by atoms with van der Waals surface area (Å²) < 4.78 is 1.81. The summed E-state index contributed by atoms with van der Waals surface area (Å²) in [5.74, 6) is 1.43. The normalized spacial score (nSPS) is 13.9. The summed E-state index contributed by atoms with van der Waals surface area (Å²) in [6.07, 6.45) is 4.27. The Hall–Kier alpha value is -3.16. The van der Waals surface area contributed by atoms with Crippen LogP contribution in [-0.4, -0.2) is 51.4 Å². The lowest BCUT2D eigenvalue weighted by Gasteiger charge is -2.17. The van der Waals surface area contributed by atoms with Gasteiger partial charge in [0, 0.05) is 44.1 Å². The Labute approximate surface area is 164 Å². The maximum Gasteiger partial charge on any atom is 0.270 e. The lowest BCUT2D eigenvalue weighted by molar-refractivity contribution is 0.0948. The van der Waals surface area contributed by atoms with Crippen LogP contribution in [0.15, 0.2) is 30.5 Å². The van der Waals surface area contributed by atoms with E-state index in [9.17, 15) is 4.79 Å². The van der Waals surface area contributed by atoms with E-state index in [0.29, 0.717) is 30.4 Å². The third-order valence-corrected chi connectivity index (χ3v) is 4.88. The van der Waals surface area contributed by atoms with Crippen LogP contribution in [0.25, 0.3) is 5.65 Å². The Morgan fingerprint density at radius 3 is 2.75 bits per heavy atom. The van der Waals surface area contributed by atoms with E-state index in [4.69, 9.17) is 0 Å². The van der Waals surface area contributed by atoms with Gasteiger partial charge in [-0.3, -0.25) is 9.20 Å². The quantitative estimate of drug-likeness (QED) is 0.639. The average molecular weight is 379 g/mol. The van der Waals surface area contributed by atoms with Gasteiger partial charge in [-0.2, -0.15) is 4.98 Å². The van der Waals surface area contributed by atoms with Crippen molar-refractivity contribution in [2.24, 2.45) is 0 Å². The van der Waals surface area contributed by atoms with E-state index in [-0.39, 0.29) is 5.91 Å². The minimum Gasteiger partial charge on any atom is -0.356 e. The second-order valence-corrected chi connectivity index (χ2v) is 7.04. The molecule has 1 aliphatic heterocycles. The topological polar surface area (TPSA) is 87.5 Å². The molecule has 0 unspecified atom stereocenters. The van der Waals surface area contributed by atoms with Crippen molar-refractivity contribution in [1.29, 1.82) is 0 Å². The van der Waals surface area contributed by atoms with E-state index < -0.39 is 0 Å². The maximum atomic E-state index is 12.6. The van der Waals surface area contributed by atoms with Gasteiger partial charge in [0.1, 0.15) is 17.2 Å². The Morgan fingerprint density at radius 1 is 1.11 bits per heavy atom. The molecule has 1 saturated heterocycles. The van der Waals surface area contributed by atoms with E-state index in [1.54, 1.807) is 0 Å². The molecule has 28 heavy (non-hydrogen) atoms. The number of hydrogen-bond donors (Lipinski definition) is 2. The van der Waals surface area contributed by atoms with E-state index in [1.807, 2.05) is 48.7 Å². The fourth-order valence-electron chi connectivity index (χ4n) is 3.56. The van der Waals surface area contributed by atoms with Crippen LogP contribution in [0.2, 0.25) is 0 Å². The van der Waals surface area contributed by atoms with Gasteiger partial charge in [-0.1, -0.05) is 6.07 Å². The van der Waals surface area contributed by atoms with Crippen molar-refractivity contribution in [3.8, 4) is 0 Å². The lowest BCUT2D eigenvalue weighted by Crippen LogP contribution is -2.30. The van der Waals surface area contributed by atoms with Crippen LogP contribution in [0.5, 0.6) is 0 Å². The summed E-state index contributed by atoms with van der Waals surface area (Å²) in [6, 6.07) is 7.70. The molecule has 4 rings (SSSR count). The molecule has 0 radical (unpaired) electrons. The molecular weight excluding hydrogens is 354 g/mol. The van der Waals surface area contributed by atoms with E-state index in [1.165, 1.54) is 12.8 Å². The average Bonchev–Trinajstić information content (AvgIpc) is 3.32. The number of rotatable bonds is 6. The number of pyridine rings is 1.